The lowest BCUT2D eigenvalue weighted by molar-refractivity contribution is -0.145. The van der Waals surface area contributed by atoms with E-state index in [4.69, 9.17) is 27.9 Å². The number of carboxylic acid groups (broad SMARTS) is 1. The lowest BCUT2D eigenvalue weighted by Crippen LogP contribution is -2.46. The molecule has 1 N–H and O–H groups in total. The molecule has 4 nitrogen and oxygen atoms in total. The van der Waals surface area contributed by atoms with E-state index in [1.54, 1.807) is 6.07 Å². The fraction of sp³-hybridized carbons (Fsp3) is 0.240. The van der Waals surface area contributed by atoms with Crippen LogP contribution in [0.2, 0.25) is 10.0 Å². The third-order valence-electron chi connectivity index (χ3n) is 5.57. The number of para-hydroxylation sites is 1. The molecule has 1 fully saturated rings. The van der Waals surface area contributed by atoms with E-state index >= 15 is 0 Å². The predicted octanol–water partition coefficient (Wildman–Crippen LogP) is 6.81. The number of piperidine rings is 1. The zero-order chi connectivity index (χ0) is 21.8. The predicted molar refractivity (Wildman–Crippen MR) is 123 cm³/mol. The molecular formula is C25H23Cl2NO3. The molecule has 0 amide bonds. The molecule has 3 aromatic rings. The molecule has 2 atom stereocenters. The second-order valence-corrected chi connectivity index (χ2v) is 8.47. The summed E-state index contributed by atoms with van der Waals surface area (Å²) in [5.74, 6) is 0.631. The van der Waals surface area contributed by atoms with Crippen molar-refractivity contribution in [1.29, 1.82) is 0 Å². The topological polar surface area (TPSA) is 49.8 Å². The highest BCUT2D eigenvalue weighted by Crippen LogP contribution is 2.38. The number of hydrogen-bond donors (Lipinski definition) is 1. The Hall–Kier alpha value is -2.53. The van der Waals surface area contributed by atoms with Crippen molar-refractivity contribution in [3.63, 3.8) is 0 Å². The fourth-order valence-corrected chi connectivity index (χ4v) is 4.47. The van der Waals surface area contributed by atoms with Crippen molar-refractivity contribution >= 4 is 29.2 Å². The smallest absolute Gasteiger partial charge is 0.320 e. The Morgan fingerprint density at radius 2 is 1.65 bits per heavy atom. The molecule has 0 bridgehead atoms. The summed E-state index contributed by atoms with van der Waals surface area (Å²) >= 11 is 12.5. The summed E-state index contributed by atoms with van der Waals surface area (Å²) < 4.78 is 6.03. The van der Waals surface area contributed by atoms with Gasteiger partial charge >= 0.3 is 5.97 Å². The number of carbonyl (C=O) groups is 1. The Bertz CT molecular complexity index is 1060. The van der Waals surface area contributed by atoms with Crippen LogP contribution in [0.25, 0.3) is 0 Å². The number of benzene rings is 3. The first kappa shape index (κ1) is 21.7. The van der Waals surface area contributed by atoms with Crippen LogP contribution in [-0.4, -0.2) is 28.6 Å². The molecule has 3 aromatic carbocycles. The van der Waals surface area contributed by atoms with Crippen LogP contribution in [0.3, 0.4) is 0 Å². The van der Waals surface area contributed by atoms with E-state index in [1.165, 1.54) is 0 Å². The van der Waals surface area contributed by atoms with E-state index in [2.05, 4.69) is 0 Å². The minimum absolute atomic E-state index is 0.282. The Morgan fingerprint density at radius 1 is 0.903 bits per heavy atom. The molecule has 1 aliphatic heterocycles. The molecule has 2 unspecified atom stereocenters. The monoisotopic (exact) mass is 455 g/mol. The molecule has 160 valence electrons. The van der Waals surface area contributed by atoms with E-state index in [9.17, 15) is 9.90 Å². The van der Waals surface area contributed by atoms with Crippen LogP contribution in [0.1, 0.15) is 36.4 Å². The Balaban J connectivity index is 1.76. The lowest BCUT2D eigenvalue weighted by atomic mass is 9.91. The van der Waals surface area contributed by atoms with Gasteiger partial charge in [0, 0.05) is 0 Å². The number of carboxylic acids is 1. The number of nitrogens with zero attached hydrogens (tertiary/aromatic N) is 1. The van der Waals surface area contributed by atoms with Crippen LogP contribution in [0.5, 0.6) is 11.5 Å². The van der Waals surface area contributed by atoms with Gasteiger partial charge in [-0.05, 0) is 66.9 Å². The molecule has 0 aromatic heterocycles. The molecule has 1 aliphatic rings. The van der Waals surface area contributed by atoms with Crippen LogP contribution < -0.4 is 4.74 Å². The Kier molecular flexibility index (Phi) is 6.81. The van der Waals surface area contributed by atoms with Gasteiger partial charge in [-0.3, -0.25) is 9.69 Å². The number of likely N-dealkylation sites (tertiary alicyclic amines) is 1. The van der Waals surface area contributed by atoms with E-state index in [-0.39, 0.29) is 6.04 Å². The maximum absolute atomic E-state index is 12.0. The van der Waals surface area contributed by atoms with Gasteiger partial charge in [0.15, 0.2) is 0 Å². The van der Waals surface area contributed by atoms with Gasteiger partial charge in [0.1, 0.15) is 17.5 Å². The van der Waals surface area contributed by atoms with Crippen molar-refractivity contribution in [2.75, 3.05) is 6.54 Å². The standard InChI is InChI=1S/C25H23Cl2NO3/c26-21-13-12-18(16-22(21)27)24(28-14-5-4-11-23(28)25(29)30)17-7-6-10-20(15-17)31-19-8-2-1-3-9-19/h1-3,6-10,12-13,15-16,23-24H,4-5,11,14H2,(H,29,30). The average Bonchev–Trinajstić information content (AvgIpc) is 2.78. The van der Waals surface area contributed by atoms with E-state index in [0.717, 1.165) is 29.7 Å². The van der Waals surface area contributed by atoms with Gasteiger partial charge in [-0.2, -0.15) is 0 Å². The summed E-state index contributed by atoms with van der Waals surface area (Å²) in [4.78, 5) is 14.1. The quantitative estimate of drug-likeness (QED) is 0.443. The Morgan fingerprint density at radius 3 is 2.39 bits per heavy atom. The fourth-order valence-electron chi connectivity index (χ4n) is 4.16. The number of ether oxygens (including phenoxy) is 1. The molecular weight excluding hydrogens is 433 g/mol. The van der Waals surface area contributed by atoms with Crippen LogP contribution in [0, 0.1) is 0 Å². The molecule has 1 saturated heterocycles. The van der Waals surface area contributed by atoms with Crippen molar-refractivity contribution in [2.24, 2.45) is 0 Å². The van der Waals surface area contributed by atoms with E-state index in [0.29, 0.717) is 28.8 Å². The summed E-state index contributed by atoms with van der Waals surface area (Å²) in [6.45, 7) is 0.686. The minimum atomic E-state index is -0.804. The molecule has 0 radical (unpaired) electrons. The van der Waals surface area contributed by atoms with Gasteiger partial charge in [0.25, 0.3) is 0 Å². The molecule has 1 heterocycles. The number of halogens is 2. The average molecular weight is 456 g/mol. The maximum atomic E-state index is 12.0. The highest BCUT2D eigenvalue weighted by Gasteiger charge is 2.35. The normalized spacial score (nSPS) is 17.8. The third-order valence-corrected chi connectivity index (χ3v) is 6.31. The molecule has 0 saturated carbocycles. The van der Waals surface area contributed by atoms with Crippen molar-refractivity contribution < 1.29 is 14.6 Å². The first-order chi connectivity index (χ1) is 15.0. The third kappa shape index (κ3) is 5.04. The minimum Gasteiger partial charge on any atom is -0.480 e. The summed E-state index contributed by atoms with van der Waals surface area (Å²) in [7, 11) is 0. The SMILES string of the molecule is O=C(O)C1CCCCN1C(c1cccc(Oc2ccccc2)c1)c1ccc(Cl)c(Cl)c1. The number of aliphatic carboxylic acids is 1. The lowest BCUT2D eigenvalue weighted by Gasteiger charge is -2.39. The molecule has 31 heavy (non-hydrogen) atoms. The van der Waals surface area contributed by atoms with Gasteiger partial charge in [0.2, 0.25) is 0 Å². The van der Waals surface area contributed by atoms with E-state index in [1.807, 2.05) is 71.6 Å². The summed E-state index contributed by atoms with van der Waals surface area (Å²) in [5, 5.41) is 10.8. The first-order valence-corrected chi connectivity index (χ1v) is 11.0. The number of rotatable bonds is 6. The van der Waals surface area contributed by atoms with Crippen molar-refractivity contribution in [3.05, 3.63) is 94.0 Å². The molecule has 6 heteroatoms. The summed E-state index contributed by atoms with van der Waals surface area (Å²) in [6, 6.07) is 22.0. The van der Waals surface area contributed by atoms with Gasteiger partial charge in [-0.25, -0.2) is 0 Å². The highest BCUT2D eigenvalue weighted by atomic mass is 35.5. The van der Waals surface area contributed by atoms with Crippen LogP contribution in [-0.2, 0) is 4.79 Å². The zero-order valence-corrected chi connectivity index (χ0v) is 18.4. The second kappa shape index (κ2) is 9.73. The van der Waals surface area contributed by atoms with Gasteiger partial charge in [-0.1, -0.05) is 66.0 Å². The van der Waals surface area contributed by atoms with Crippen LogP contribution in [0.15, 0.2) is 72.8 Å². The largest absolute Gasteiger partial charge is 0.480 e. The summed E-state index contributed by atoms with van der Waals surface area (Å²) in [5.41, 5.74) is 1.85. The van der Waals surface area contributed by atoms with Crippen molar-refractivity contribution in [1.82, 2.24) is 4.90 Å². The van der Waals surface area contributed by atoms with Crippen molar-refractivity contribution in [3.8, 4) is 11.5 Å². The molecule has 0 spiro atoms. The van der Waals surface area contributed by atoms with Gasteiger partial charge < -0.3 is 9.84 Å². The van der Waals surface area contributed by atoms with Crippen LogP contribution in [0.4, 0.5) is 0 Å². The highest BCUT2D eigenvalue weighted by molar-refractivity contribution is 6.42. The maximum Gasteiger partial charge on any atom is 0.320 e. The summed E-state index contributed by atoms with van der Waals surface area (Å²) in [6.07, 6.45) is 2.47. The molecule has 0 aliphatic carbocycles. The van der Waals surface area contributed by atoms with Gasteiger partial charge in [-0.15, -0.1) is 0 Å². The first-order valence-electron chi connectivity index (χ1n) is 10.3. The zero-order valence-electron chi connectivity index (χ0n) is 16.9. The van der Waals surface area contributed by atoms with E-state index < -0.39 is 12.0 Å². The Labute approximate surface area is 192 Å². The van der Waals surface area contributed by atoms with Crippen LogP contribution >= 0.6 is 23.2 Å². The molecule has 4 rings (SSSR count). The number of hydrogen-bond acceptors (Lipinski definition) is 3. The van der Waals surface area contributed by atoms with Crippen molar-refractivity contribution in [2.45, 2.75) is 31.3 Å². The van der Waals surface area contributed by atoms with Gasteiger partial charge in [0.05, 0.1) is 16.1 Å². The second-order valence-electron chi connectivity index (χ2n) is 7.65.